The highest BCUT2D eigenvalue weighted by Crippen LogP contribution is 2.27. The summed E-state index contributed by atoms with van der Waals surface area (Å²) in [5.74, 6) is -0.136. The first kappa shape index (κ1) is 11.9. The van der Waals surface area contributed by atoms with E-state index in [2.05, 4.69) is 15.5 Å². The maximum atomic E-state index is 10.6. The van der Waals surface area contributed by atoms with E-state index in [0.29, 0.717) is 5.13 Å². The molecule has 0 saturated carbocycles. The fraction of sp³-hybridized carbons (Fsp3) is 0.100. The molecule has 3 N–H and O–H groups in total. The Labute approximate surface area is 106 Å². The monoisotopic (exact) mass is 266 g/mol. The summed E-state index contributed by atoms with van der Waals surface area (Å²) < 4.78 is 0.724. The number of hydrogen-bond donors (Lipinski definition) is 2. The van der Waals surface area contributed by atoms with E-state index in [4.69, 9.17) is 5.73 Å². The summed E-state index contributed by atoms with van der Waals surface area (Å²) in [6.45, 7) is 0. The van der Waals surface area contributed by atoms with Gasteiger partial charge in [0.15, 0.2) is 4.34 Å². The second-order valence-electron chi connectivity index (χ2n) is 3.12. The van der Waals surface area contributed by atoms with E-state index in [9.17, 15) is 4.79 Å². The predicted molar refractivity (Wildman–Crippen MR) is 69.6 cm³/mol. The normalized spacial score (nSPS) is 10.1. The quantitative estimate of drug-likeness (QED) is 0.807. The molecule has 2 aromatic rings. The Morgan fingerprint density at radius 3 is 2.82 bits per heavy atom. The molecular weight excluding hydrogens is 256 g/mol. The third-order valence-electron chi connectivity index (χ3n) is 1.77. The summed E-state index contributed by atoms with van der Waals surface area (Å²) in [5, 5.41) is 11.7. The first-order valence-electron chi connectivity index (χ1n) is 4.81. The molecule has 5 nitrogen and oxygen atoms in total. The van der Waals surface area contributed by atoms with Crippen molar-refractivity contribution in [2.75, 3.05) is 11.1 Å². The molecule has 7 heteroatoms. The first-order valence-corrected chi connectivity index (χ1v) is 6.61. The molecule has 2 rings (SSSR count). The largest absolute Gasteiger partial charge is 0.369 e. The van der Waals surface area contributed by atoms with Gasteiger partial charge >= 0.3 is 0 Å². The van der Waals surface area contributed by atoms with Crippen molar-refractivity contribution >= 4 is 39.8 Å². The van der Waals surface area contributed by atoms with Gasteiger partial charge < -0.3 is 11.1 Å². The van der Waals surface area contributed by atoms with Gasteiger partial charge in [-0.1, -0.05) is 41.3 Å². The van der Waals surface area contributed by atoms with Crippen molar-refractivity contribution in [3.05, 3.63) is 30.3 Å². The van der Waals surface area contributed by atoms with Crippen LogP contribution in [0.4, 0.5) is 10.8 Å². The van der Waals surface area contributed by atoms with E-state index in [1.54, 1.807) is 0 Å². The van der Waals surface area contributed by atoms with Crippen LogP contribution in [0.3, 0.4) is 0 Å². The lowest BCUT2D eigenvalue weighted by molar-refractivity contribution is -0.115. The SMILES string of the molecule is NC(=O)CSc1nnc(Nc2ccccc2)s1. The number of aromatic nitrogens is 2. The zero-order valence-electron chi connectivity index (χ0n) is 8.79. The van der Waals surface area contributed by atoms with Gasteiger partial charge in [-0.15, -0.1) is 10.2 Å². The smallest absolute Gasteiger partial charge is 0.227 e. The summed E-state index contributed by atoms with van der Waals surface area (Å²) in [6.07, 6.45) is 0. The van der Waals surface area contributed by atoms with Crippen molar-refractivity contribution in [1.29, 1.82) is 0 Å². The number of para-hydroxylation sites is 1. The Morgan fingerprint density at radius 1 is 1.35 bits per heavy atom. The lowest BCUT2D eigenvalue weighted by atomic mass is 10.3. The number of carbonyl (C=O) groups is 1. The topological polar surface area (TPSA) is 80.9 Å². The van der Waals surface area contributed by atoms with Gasteiger partial charge in [0.1, 0.15) is 0 Å². The molecule has 0 spiro atoms. The number of benzene rings is 1. The van der Waals surface area contributed by atoms with E-state index in [-0.39, 0.29) is 11.7 Å². The number of rotatable bonds is 5. The van der Waals surface area contributed by atoms with Gasteiger partial charge in [-0.2, -0.15) is 0 Å². The minimum Gasteiger partial charge on any atom is -0.369 e. The molecule has 88 valence electrons. The van der Waals surface area contributed by atoms with E-state index in [0.717, 1.165) is 10.0 Å². The van der Waals surface area contributed by atoms with E-state index in [1.165, 1.54) is 23.1 Å². The van der Waals surface area contributed by atoms with E-state index in [1.807, 2.05) is 30.3 Å². The molecule has 17 heavy (non-hydrogen) atoms. The number of nitrogens with zero attached hydrogens (tertiary/aromatic N) is 2. The number of amides is 1. The van der Waals surface area contributed by atoms with Gasteiger partial charge in [-0.3, -0.25) is 4.79 Å². The molecule has 1 heterocycles. The molecule has 0 saturated heterocycles. The van der Waals surface area contributed by atoms with E-state index < -0.39 is 0 Å². The predicted octanol–water partition coefficient (Wildman–Crippen LogP) is 1.86. The van der Waals surface area contributed by atoms with Crippen LogP contribution >= 0.6 is 23.1 Å². The Balaban J connectivity index is 1.97. The zero-order chi connectivity index (χ0) is 12.1. The van der Waals surface area contributed by atoms with Crippen molar-refractivity contribution in [3.8, 4) is 0 Å². The molecule has 0 aliphatic heterocycles. The van der Waals surface area contributed by atoms with Gasteiger partial charge in [0.25, 0.3) is 0 Å². The average Bonchev–Trinajstić information content (AvgIpc) is 2.75. The van der Waals surface area contributed by atoms with Crippen LogP contribution in [0.25, 0.3) is 0 Å². The van der Waals surface area contributed by atoms with Crippen molar-refractivity contribution in [2.24, 2.45) is 5.73 Å². The fourth-order valence-corrected chi connectivity index (χ4v) is 2.61. The Kier molecular flexibility index (Phi) is 3.94. The molecule has 1 aromatic carbocycles. The van der Waals surface area contributed by atoms with Crippen LogP contribution in [-0.2, 0) is 4.79 Å². The molecular formula is C10H10N4OS2. The maximum Gasteiger partial charge on any atom is 0.227 e. The number of hydrogen-bond acceptors (Lipinski definition) is 6. The second-order valence-corrected chi connectivity index (χ2v) is 5.32. The molecule has 0 unspecified atom stereocenters. The van der Waals surface area contributed by atoms with Crippen LogP contribution in [0, 0.1) is 0 Å². The number of thioether (sulfide) groups is 1. The molecule has 1 amide bonds. The van der Waals surface area contributed by atoms with E-state index >= 15 is 0 Å². The molecule has 0 atom stereocenters. The highest BCUT2D eigenvalue weighted by atomic mass is 32.2. The number of nitrogens with two attached hydrogens (primary N) is 1. The highest BCUT2D eigenvalue weighted by Gasteiger charge is 2.06. The molecule has 0 aliphatic rings. The molecule has 0 radical (unpaired) electrons. The number of nitrogens with one attached hydrogen (secondary N) is 1. The summed E-state index contributed by atoms with van der Waals surface area (Å²) in [4.78, 5) is 10.6. The van der Waals surface area contributed by atoms with Gasteiger partial charge in [0, 0.05) is 5.69 Å². The van der Waals surface area contributed by atoms with Crippen molar-refractivity contribution in [1.82, 2.24) is 10.2 Å². The minimum absolute atomic E-state index is 0.222. The lowest BCUT2D eigenvalue weighted by Gasteiger charge is -1.99. The van der Waals surface area contributed by atoms with Crippen LogP contribution in [0.2, 0.25) is 0 Å². The molecule has 0 bridgehead atoms. The zero-order valence-corrected chi connectivity index (χ0v) is 10.4. The second kappa shape index (κ2) is 5.65. The van der Waals surface area contributed by atoms with Crippen LogP contribution in [-0.4, -0.2) is 21.9 Å². The number of primary amides is 1. The van der Waals surface area contributed by atoms with Crippen LogP contribution < -0.4 is 11.1 Å². The summed E-state index contributed by atoms with van der Waals surface area (Å²) in [6, 6.07) is 9.70. The summed E-state index contributed by atoms with van der Waals surface area (Å²) >= 11 is 2.68. The van der Waals surface area contributed by atoms with Crippen molar-refractivity contribution in [2.45, 2.75) is 4.34 Å². The third kappa shape index (κ3) is 3.72. The summed E-state index contributed by atoms with van der Waals surface area (Å²) in [7, 11) is 0. The van der Waals surface area contributed by atoms with Gasteiger partial charge in [-0.25, -0.2) is 0 Å². The van der Waals surface area contributed by atoms with Crippen molar-refractivity contribution < 1.29 is 4.79 Å². The first-order chi connectivity index (χ1) is 8.24. The average molecular weight is 266 g/mol. The van der Waals surface area contributed by atoms with Crippen LogP contribution in [0.1, 0.15) is 0 Å². The third-order valence-corrected chi connectivity index (χ3v) is 3.76. The Bertz CT molecular complexity index is 500. The molecule has 1 aromatic heterocycles. The minimum atomic E-state index is -0.359. The van der Waals surface area contributed by atoms with Gasteiger partial charge in [0.05, 0.1) is 5.75 Å². The maximum absolute atomic E-state index is 10.6. The van der Waals surface area contributed by atoms with Gasteiger partial charge in [0.2, 0.25) is 11.0 Å². The summed E-state index contributed by atoms with van der Waals surface area (Å²) in [5.41, 5.74) is 6.01. The Morgan fingerprint density at radius 2 is 2.12 bits per heavy atom. The molecule has 0 fully saturated rings. The lowest BCUT2D eigenvalue weighted by Crippen LogP contribution is -2.12. The molecule has 0 aliphatic carbocycles. The Hall–Kier alpha value is -1.60. The van der Waals surface area contributed by atoms with Crippen LogP contribution in [0.15, 0.2) is 34.7 Å². The number of carbonyl (C=O) groups excluding carboxylic acids is 1. The van der Waals surface area contributed by atoms with Crippen LogP contribution in [0.5, 0.6) is 0 Å². The highest BCUT2D eigenvalue weighted by molar-refractivity contribution is 8.01. The number of anilines is 2. The van der Waals surface area contributed by atoms with Gasteiger partial charge in [-0.05, 0) is 12.1 Å². The fourth-order valence-electron chi connectivity index (χ4n) is 1.10. The standard InChI is InChI=1S/C10H10N4OS2/c11-8(15)6-16-10-14-13-9(17-10)12-7-4-2-1-3-5-7/h1-5H,6H2,(H2,11,15)(H,12,13). The van der Waals surface area contributed by atoms with Crippen molar-refractivity contribution in [3.63, 3.8) is 0 Å².